The Morgan fingerprint density at radius 3 is 2.35 bits per heavy atom. The smallest absolute Gasteiger partial charge is 0.399 e. The standard InChI is InChI=1S/C19H16BrF2N2O6P/c1-23-10-17(13-4-6-14(7-5-13)18(25)26)24(19(23)27)9-12-2-3-15(16(20)8-12)11-31(28,29-21)30-22/h2-8,10H,9,11H2,1H3,(H,25,26). The Balaban J connectivity index is 1.93. The summed E-state index contributed by atoms with van der Waals surface area (Å²) in [5.74, 6) is -1.05. The van der Waals surface area contributed by atoms with Crippen molar-refractivity contribution in [1.82, 2.24) is 9.13 Å². The third kappa shape index (κ3) is 5.01. The summed E-state index contributed by atoms with van der Waals surface area (Å²) in [6, 6.07) is 10.8. The zero-order valence-corrected chi connectivity index (χ0v) is 18.5. The Bertz CT molecular complexity index is 1220. The van der Waals surface area contributed by atoms with Crippen molar-refractivity contribution in [3.63, 3.8) is 0 Å². The summed E-state index contributed by atoms with van der Waals surface area (Å²) in [5, 5.41) is 9.06. The molecule has 2 aromatic carbocycles. The molecule has 0 radical (unpaired) electrons. The van der Waals surface area contributed by atoms with E-state index in [0.29, 0.717) is 21.3 Å². The molecule has 0 atom stereocenters. The highest BCUT2D eigenvalue weighted by molar-refractivity contribution is 9.10. The second-order valence-corrected chi connectivity index (χ2v) is 9.38. The Labute approximate surface area is 183 Å². The van der Waals surface area contributed by atoms with Crippen LogP contribution in [0.2, 0.25) is 0 Å². The van der Waals surface area contributed by atoms with Crippen LogP contribution in [0.5, 0.6) is 0 Å². The molecule has 1 aromatic heterocycles. The van der Waals surface area contributed by atoms with E-state index < -0.39 is 19.7 Å². The molecular weight excluding hydrogens is 501 g/mol. The van der Waals surface area contributed by atoms with Crippen molar-refractivity contribution < 1.29 is 33.0 Å². The lowest BCUT2D eigenvalue weighted by Gasteiger charge is -2.12. The van der Waals surface area contributed by atoms with Crippen LogP contribution in [0.4, 0.5) is 9.05 Å². The van der Waals surface area contributed by atoms with Gasteiger partial charge >= 0.3 is 19.3 Å². The van der Waals surface area contributed by atoms with Crippen LogP contribution in [0.3, 0.4) is 0 Å². The molecule has 12 heteroatoms. The van der Waals surface area contributed by atoms with Crippen LogP contribution in [0.15, 0.2) is 57.9 Å². The molecule has 0 spiro atoms. The number of aromatic nitrogens is 2. The fourth-order valence-corrected chi connectivity index (χ4v) is 4.63. The van der Waals surface area contributed by atoms with Gasteiger partial charge in [-0.05, 0) is 43.9 Å². The van der Waals surface area contributed by atoms with Gasteiger partial charge < -0.3 is 9.67 Å². The monoisotopic (exact) mass is 516 g/mol. The maximum absolute atomic E-state index is 12.6. The Morgan fingerprint density at radius 2 is 1.81 bits per heavy atom. The number of rotatable bonds is 8. The average Bonchev–Trinajstić information content (AvgIpc) is 3.04. The van der Waals surface area contributed by atoms with Gasteiger partial charge in [0.15, 0.2) is 0 Å². The van der Waals surface area contributed by atoms with E-state index in [1.54, 1.807) is 37.5 Å². The van der Waals surface area contributed by atoms with Gasteiger partial charge in [0, 0.05) is 17.7 Å². The first kappa shape index (κ1) is 23.1. The van der Waals surface area contributed by atoms with Crippen molar-refractivity contribution in [1.29, 1.82) is 0 Å². The molecule has 0 saturated heterocycles. The number of hydrogen-bond acceptors (Lipinski definition) is 5. The van der Waals surface area contributed by atoms with E-state index >= 15 is 0 Å². The minimum Gasteiger partial charge on any atom is -0.478 e. The van der Waals surface area contributed by atoms with E-state index in [1.165, 1.54) is 27.3 Å². The van der Waals surface area contributed by atoms with Crippen molar-refractivity contribution in [2.45, 2.75) is 12.7 Å². The number of carbonyl (C=O) groups is 1. The number of nitrogens with zero attached hydrogens (tertiary/aromatic N) is 2. The second-order valence-electron chi connectivity index (χ2n) is 6.71. The zero-order valence-electron chi connectivity index (χ0n) is 16.0. The molecule has 0 unspecified atom stereocenters. The van der Waals surface area contributed by atoms with Gasteiger partial charge in [-0.2, -0.15) is 0 Å². The first-order chi connectivity index (χ1) is 14.7. The van der Waals surface area contributed by atoms with Crippen molar-refractivity contribution in [3.05, 3.63) is 80.3 Å². The molecule has 0 fully saturated rings. The molecule has 3 rings (SSSR count). The number of carboxylic acid groups (broad SMARTS) is 1. The minimum absolute atomic E-state index is 0.125. The molecule has 0 aliphatic heterocycles. The summed E-state index contributed by atoms with van der Waals surface area (Å²) in [4.78, 5) is 23.7. The summed E-state index contributed by atoms with van der Waals surface area (Å²) in [6.07, 6.45) is 1.00. The lowest BCUT2D eigenvalue weighted by Crippen LogP contribution is -2.23. The van der Waals surface area contributed by atoms with E-state index in [2.05, 4.69) is 25.4 Å². The van der Waals surface area contributed by atoms with Crippen molar-refractivity contribution >= 4 is 29.5 Å². The topological polar surface area (TPSA) is 99.8 Å². The molecule has 31 heavy (non-hydrogen) atoms. The van der Waals surface area contributed by atoms with Crippen molar-refractivity contribution in [3.8, 4) is 11.3 Å². The molecule has 1 heterocycles. The van der Waals surface area contributed by atoms with E-state index in [4.69, 9.17) is 5.11 Å². The largest absolute Gasteiger partial charge is 0.478 e. The van der Waals surface area contributed by atoms with Crippen LogP contribution in [-0.2, 0) is 33.8 Å². The molecule has 1 N–H and O–H groups in total. The summed E-state index contributed by atoms with van der Waals surface area (Å²) in [5.41, 5.74) is 2.01. The summed E-state index contributed by atoms with van der Waals surface area (Å²) >= 11 is 3.25. The first-order valence-electron chi connectivity index (χ1n) is 8.74. The van der Waals surface area contributed by atoms with Crippen molar-refractivity contribution in [2.75, 3.05) is 0 Å². The highest BCUT2D eigenvalue weighted by Crippen LogP contribution is 2.53. The molecule has 0 aliphatic rings. The van der Waals surface area contributed by atoms with Gasteiger partial charge in [0.2, 0.25) is 0 Å². The fraction of sp³-hybridized carbons (Fsp3) is 0.158. The van der Waals surface area contributed by atoms with Crippen LogP contribution in [0.25, 0.3) is 11.3 Å². The third-order valence-electron chi connectivity index (χ3n) is 4.60. The molecule has 0 aliphatic carbocycles. The predicted molar refractivity (Wildman–Crippen MR) is 111 cm³/mol. The van der Waals surface area contributed by atoms with E-state index in [1.807, 2.05) is 0 Å². The maximum atomic E-state index is 12.6. The highest BCUT2D eigenvalue weighted by atomic mass is 79.9. The SMILES string of the molecule is Cn1cc(-c2ccc(C(=O)O)cc2)n(Cc2ccc(CP(=O)(OF)OF)c(Br)c2)c1=O. The van der Waals surface area contributed by atoms with Crippen LogP contribution in [-0.4, -0.2) is 20.2 Å². The van der Waals surface area contributed by atoms with Gasteiger partial charge in [0.1, 0.15) is 0 Å². The van der Waals surface area contributed by atoms with Gasteiger partial charge in [-0.3, -0.25) is 9.13 Å². The number of aromatic carboxylic acids is 1. The van der Waals surface area contributed by atoms with Gasteiger partial charge in [-0.25, -0.2) is 9.59 Å². The van der Waals surface area contributed by atoms with E-state index in [-0.39, 0.29) is 23.4 Å². The van der Waals surface area contributed by atoms with Gasteiger partial charge in [-0.15, -0.1) is 9.46 Å². The Kier molecular flexibility index (Phi) is 6.90. The molecule has 0 bridgehead atoms. The first-order valence-corrected chi connectivity index (χ1v) is 11.3. The normalized spacial score (nSPS) is 11.6. The molecule has 0 amide bonds. The number of halogens is 3. The van der Waals surface area contributed by atoms with Crippen molar-refractivity contribution in [2.24, 2.45) is 7.05 Å². The summed E-state index contributed by atoms with van der Waals surface area (Å²) < 4.78 is 45.9. The summed E-state index contributed by atoms with van der Waals surface area (Å²) in [7, 11) is -2.94. The lowest BCUT2D eigenvalue weighted by molar-refractivity contribution is -0.0881. The average molecular weight is 517 g/mol. The highest BCUT2D eigenvalue weighted by Gasteiger charge is 2.29. The van der Waals surface area contributed by atoms with Crippen LogP contribution >= 0.6 is 23.5 Å². The van der Waals surface area contributed by atoms with Crippen LogP contribution < -0.4 is 5.69 Å². The number of hydrogen-bond donors (Lipinski definition) is 1. The molecule has 164 valence electrons. The molecule has 3 aromatic rings. The number of aryl methyl sites for hydroxylation is 1. The zero-order chi connectivity index (χ0) is 22.8. The van der Waals surface area contributed by atoms with Crippen LogP contribution in [0, 0.1) is 0 Å². The molecular formula is C19H16BrF2N2O6P. The lowest BCUT2D eigenvalue weighted by atomic mass is 10.1. The molecule has 0 saturated carbocycles. The summed E-state index contributed by atoms with van der Waals surface area (Å²) in [6.45, 7) is 0.158. The van der Waals surface area contributed by atoms with Gasteiger partial charge in [0.05, 0.1) is 24.0 Å². The Hall–Kier alpha value is -2.59. The third-order valence-corrected chi connectivity index (χ3v) is 6.49. The number of carboxylic acids is 1. The second kappa shape index (κ2) is 9.27. The van der Waals surface area contributed by atoms with E-state index in [0.717, 1.165) is 0 Å². The van der Waals surface area contributed by atoms with Crippen LogP contribution in [0.1, 0.15) is 21.5 Å². The fourth-order valence-electron chi connectivity index (χ4n) is 3.04. The van der Waals surface area contributed by atoms with Gasteiger partial charge in [0.25, 0.3) is 0 Å². The predicted octanol–water partition coefficient (Wildman–Crippen LogP) is 4.86. The quantitative estimate of drug-likeness (QED) is 0.429. The number of benzene rings is 2. The Morgan fingerprint density at radius 1 is 1.16 bits per heavy atom. The molecule has 8 nitrogen and oxygen atoms in total. The maximum Gasteiger partial charge on any atom is 0.399 e. The minimum atomic E-state index is -4.54. The van der Waals surface area contributed by atoms with E-state index in [9.17, 15) is 23.2 Å². The number of imidazole rings is 1. The van der Waals surface area contributed by atoms with Gasteiger partial charge in [-0.1, -0.05) is 40.2 Å².